The zero-order valence-electron chi connectivity index (χ0n) is 17.2. The van der Waals surface area contributed by atoms with Crippen molar-refractivity contribution in [3.8, 4) is 23.3 Å². The molecule has 0 amide bonds. The topological polar surface area (TPSA) is 85.4 Å². The maximum absolute atomic E-state index is 13.0. The summed E-state index contributed by atoms with van der Waals surface area (Å²) in [5.74, 6) is -0.134. The minimum Gasteiger partial charge on any atom is -0.493 e. The number of nitrogens with zero attached hydrogens (tertiary/aromatic N) is 2. The van der Waals surface area contributed by atoms with E-state index in [1.807, 2.05) is 22.6 Å². The molecule has 0 aliphatic rings. The summed E-state index contributed by atoms with van der Waals surface area (Å²) in [5.41, 5.74) is -0.448. The second-order valence-corrected chi connectivity index (χ2v) is 8.35. The van der Waals surface area contributed by atoms with Gasteiger partial charge in [-0.25, -0.2) is 0 Å². The van der Waals surface area contributed by atoms with Crippen LogP contribution in [0.5, 0.6) is 17.2 Å². The Balaban J connectivity index is 2.03. The fraction of sp³-hybridized carbons (Fsp3) is 0.0870. The molecule has 0 unspecified atom stereocenters. The minimum atomic E-state index is -4.74. The number of halogens is 5. The molecule has 3 rings (SSSR count). The lowest BCUT2D eigenvalue weighted by atomic mass is 10.0. The van der Waals surface area contributed by atoms with Crippen molar-refractivity contribution in [1.29, 1.82) is 5.26 Å². The maximum atomic E-state index is 13.0. The van der Waals surface area contributed by atoms with Gasteiger partial charge in [0.2, 0.25) is 5.75 Å². The lowest BCUT2D eigenvalue weighted by Crippen LogP contribution is -2.06. The highest BCUT2D eigenvalue weighted by molar-refractivity contribution is 14.1. The van der Waals surface area contributed by atoms with Gasteiger partial charge in [-0.2, -0.15) is 18.4 Å². The Kier molecular flexibility index (Phi) is 7.68. The number of rotatable bonds is 6. The predicted octanol–water partition coefficient (Wildman–Crippen LogP) is 7.74. The molecule has 0 saturated carbocycles. The number of hydrogen-bond donors (Lipinski definition) is 0. The van der Waals surface area contributed by atoms with Gasteiger partial charge in [-0.05, 0) is 76.2 Å². The summed E-state index contributed by atoms with van der Waals surface area (Å²) < 4.78 is 50.3. The first-order chi connectivity index (χ1) is 16.0. The van der Waals surface area contributed by atoms with E-state index in [4.69, 9.17) is 21.1 Å². The quantitative estimate of drug-likeness (QED) is 0.0950. The second-order valence-electron chi connectivity index (χ2n) is 6.75. The maximum Gasteiger partial charge on any atom is 0.416 e. The number of alkyl halides is 3. The van der Waals surface area contributed by atoms with Gasteiger partial charge in [0.25, 0.3) is 0 Å². The normalized spacial score (nSPS) is 11.6. The number of allylic oxidation sites excluding steroid dienone is 1. The molecule has 0 atom stereocenters. The zero-order chi connectivity index (χ0) is 25.0. The van der Waals surface area contributed by atoms with E-state index >= 15 is 0 Å². The first kappa shape index (κ1) is 25.3. The van der Waals surface area contributed by atoms with E-state index in [9.17, 15) is 28.5 Å². The number of methoxy groups -OCH3 is 1. The molecule has 0 aliphatic heterocycles. The van der Waals surface area contributed by atoms with Crippen molar-refractivity contribution < 1.29 is 27.6 Å². The van der Waals surface area contributed by atoms with Crippen LogP contribution < -0.4 is 9.47 Å². The monoisotopic (exact) mass is 600 g/mol. The van der Waals surface area contributed by atoms with E-state index in [-0.39, 0.29) is 17.2 Å². The van der Waals surface area contributed by atoms with E-state index in [0.29, 0.717) is 37.4 Å². The molecule has 0 saturated heterocycles. The lowest BCUT2D eigenvalue weighted by Gasteiger charge is -2.14. The minimum absolute atomic E-state index is 0.0770. The Hall–Kier alpha value is -3.30. The first-order valence-electron chi connectivity index (χ1n) is 9.32. The van der Waals surface area contributed by atoms with Crippen LogP contribution in [-0.4, -0.2) is 12.0 Å². The van der Waals surface area contributed by atoms with Gasteiger partial charge in [0.1, 0.15) is 0 Å². The number of ether oxygens (including phenoxy) is 2. The fourth-order valence-corrected chi connectivity index (χ4v) is 3.79. The molecule has 0 N–H and O–H groups in total. The Bertz CT molecular complexity index is 1320. The van der Waals surface area contributed by atoms with Gasteiger partial charge < -0.3 is 9.47 Å². The van der Waals surface area contributed by atoms with Crippen LogP contribution in [0.4, 0.5) is 18.9 Å². The number of hydrogen-bond acceptors (Lipinski definition) is 5. The molecule has 34 heavy (non-hydrogen) atoms. The van der Waals surface area contributed by atoms with Crippen molar-refractivity contribution in [2.45, 2.75) is 6.18 Å². The van der Waals surface area contributed by atoms with E-state index < -0.39 is 22.4 Å². The van der Waals surface area contributed by atoms with Crippen LogP contribution in [0.15, 0.2) is 54.6 Å². The molecular weight excluding hydrogens is 588 g/mol. The standard InChI is InChI=1S/C23H13ClF3IN2O4/c1-33-21-10-13(8-15(12-29)14-2-5-17(24)6-3-14)9-18(28)22(21)34-20-7-4-16(23(25,26)27)11-19(20)30(31)32/h2-11H,1H3/b15-8+. The van der Waals surface area contributed by atoms with E-state index in [0.717, 1.165) is 6.07 Å². The van der Waals surface area contributed by atoms with Gasteiger partial charge in [-0.1, -0.05) is 23.7 Å². The van der Waals surface area contributed by atoms with Gasteiger partial charge in [0.15, 0.2) is 11.5 Å². The van der Waals surface area contributed by atoms with E-state index in [2.05, 4.69) is 6.07 Å². The third-order valence-corrected chi connectivity index (χ3v) is 5.59. The molecule has 0 fully saturated rings. The summed E-state index contributed by atoms with van der Waals surface area (Å²) in [6.07, 6.45) is -3.13. The summed E-state index contributed by atoms with van der Waals surface area (Å²) in [6, 6.07) is 14.0. The van der Waals surface area contributed by atoms with Crippen LogP contribution in [0, 0.1) is 25.0 Å². The van der Waals surface area contributed by atoms with Gasteiger partial charge >= 0.3 is 11.9 Å². The van der Waals surface area contributed by atoms with Crippen molar-refractivity contribution in [1.82, 2.24) is 0 Å². The Morgan fingerprint density at radius 2 is 1.82 bits per heavy atom. The highest BCUT2D eigenvalue weighted by Crippen LogP contribution is 2.42. The molecule has 174 valence electrons. The van der Waals surface area contributed by atoms with Gasteiger partial charge in [0, 0.05) is 11.1 Å². The number of nitro benzene ring substituents is 1. The van der Waals surface area contributed by atoms with Crippen LogP contribution in [0.3, 0.4) is 0 Å². The molecular formula is C23H13ClF3IN2O4. The van der Waals surface area contributed by atoms with E-state index in [1.54, 1.807) is 42.5 Å². The largest absolute Gasteiger partial charge is 0.493 e. The van der Waals surface area contributed by atoms with Crippen LogP contribution in [0.2, 0.25) is 5.02 Å². The van der Waals surface area contributed by atoms with Gasteiger partial charge in [-0.15, -0.1) is 0 Å². The smallest absolute Gasteiger partial charge is 0.416 e. The Morgan fingerprint density at radius 1 is 1.15 bits per heavy atom. The van der Waals surface area contributed by atoms with Crippen LogP contribution in [-0.2, 0) is 6.18 Å². The van der Waals surface area contributed by atoms with Crippen molar-refractivity contribution in [2.75, 3.05) is 7.11 Å². The molecule has 6 nitrogen and oxygen atoms in total. The van der Waals surface area contributed by atoms with Crippen molar-refractivity contribution in [2.24, 2.45) is 0 Å². The highest BCUT2D eigenvalue weighted by atomic mass is 127. The Morgan fingerprint density at radius 3 is 2.38 bits per heavy atom. The molecule has 11 heteroatoms. The fourth-order valence-electron chi connectivity index (χ4n) is 2.93. The molecule has 3 aromatic carbocycles. The molecule has 3 aromatic rings. The lowest BCUT2D eigenvalue weighted by molar-refractivity contribution is -0.385. The second kappa shape index (κ2) is 10.3. The Labute approximate surface area is 210 Å². The van der Waals surface area contributed by atoms with Gasteiger partial charge in [-0.3, -0.25) is 10.1 Å². The molecule has 0 radical (unpaired) electrons. The molecule has 0 bridgehead atoms. The average Bonchev–Trinajstić information content (AvgIpc) is 2.78. The predicted molar refractivity (Wildman–Crippen MR) is 129 cm³/mol. The molecule has 0 aliphatic carbocycles. The average molecular weight is 601 g/mol. The zero-order valence-corrected chi connectivity index (χ0v) is 20.1. The third kappa shape index (κ3) is 5.78. The molecule has 0 aromatic heterocycles. The summed E-state index contributed by atoms with van der Waals surface area (Å²) in [7, 11) is 1.34. The third-order valence-electron chi connectivity index (χ3n) is 4.53. The van der Waals surface area contributed by atoms with Crippen molar-refractivity contribution >= 4 is 51.5 Å². The van der Waals surface area contributed by atoms with Gasteiger partial charge in [0.05, 0.1) is 32.8 Å². The van der Waals surface area contributed by atoms with Crippen LogP contribution in [0.1, 0.15) is 16.7 Å². The SMILES string of the molecule is COc1cc(/C=C(\C#N)c2ccc(Cl)cc2)cc(I)c1Oc1ccc(C(F)(F)F)cc1[N+](=O)[O-]. The number of nitro groups is 1. The van der Waals surface area contributed by atoms with Crippen molar-refractivity contribution in [3.63, 3.8) is 0 Å². The first-order valence-corrected chi connectivity index (χ1v) is 10.8. The summed E-state index contributed by atoms with van der Waals surface area (Å²) in [5, 5.41) is 21.5. The highest BCUT2D eigenvalue weighted by Gasteiger charge is 2.33. The van der Waals surface area contributed by atoms with Crippen LogP contribution >= 0.6 is 34.2 Å². The summed E-state index contributed by atoms with van der Waals surface area (Å²) >= 11 is 7.80. The summed E-state index contributed by atoms with van der Waals surface area (Å²) in [4.78, 5) is 10.4. The number of benzene rings is 3. The summed E-state index contributed by atoms with van der Waals surface area (Å²) in [6.45, 7) is 0. The van der Waals surface area contributed by atoms with E-state index in [1.165, 1.54) is 7.11 Å². The van der Waals surface area contributed by atoms with Crippen LogP contribution in [0.25, 0.3) is 11.6 Å². The molecule has 0 spiro atoms. The molecule has 0 heterocycles. The number of nitriles is 1. The van der Waals surface area contributed by atoms with Crippen molar-refractivity contribution in [3.05, 3.63) is 90.0 Å².